The fourth-order valence-electron chi connectivity index (χ4n) is 3.56. The second kappa shape index (κ2) is 9.60. The minimum absolute atomic E-state index is 0.0243. The molecule has 0 bridgehead atoms. The predicted octanol–water partition coefficient (Wildman–Crippen LogP) is 1.59. The number of carbonyl (C=O) groups is 2. The molecule has 2 aliphatic rings. The van der Waals surface area contributed by atoms with Crippen molar-refractivity contribution in [3.8, 4) is 0 Å². The van der Waals surface area contributed by atoms with Gasteiger partial charge in [0.2, 0.25) is 10.0 Å². The van der Waals surface area contributed by atoms with E-state index in [1.807, 2.05) is 0 Å². The van der Waals surface area contributed by atoms with Crippen LogP contribution in [0.25, 0.3) is 0 Å². The van der Waals surface area contributed by atoms with Gasteiger partial charge < -0.3 is 10.6 Å². The first-order valence-electron chi connectivity index (χ1n) is 9.74. The highest BCUT2D eigenvalue weighted by Gasteiger charge is 2.31. The Morgan fingerprint density at radius 1 is 1.13 bits per heavy atom. The van der Waals surface area contributed by atoms with Crippen molar-refractivity contribution in [3.63, 3.8) is 0 Å². The first-order chi connectivity index (χ1) is 14.6. The number of hydrogen-bond acceptors (Lipinski definition) is 6. The largest absolute Gasteiger partial charge is 0.351 e. The SMILES string of the molecule is CS(=O)(=O)NC[C@H]1CC[C@H](NC(=O)C2N=NC=C2NC(=O)c2c(F)cccc2F)CC1. The van der Waals surface area contributed by atoms with Crippen LogP contribution in [0, 0.1) is 17.6 Å². The van der Waals surface area contributed by atoms with E-state index in [1.54, 1.807) is 0 Å². The van der Waals surface area contributed by atoms with Gasteiger partial charge in [0, 0.05) is 12.6 Å². The molecule has 1 aliphatic carbocycles. The van der Waals surface area contributed by atoms with Crippen LogP contribution in [0.3, 0.4) is 0 Å². The van der Waals surface area contributed by atoms with Crippen molar-refractivity contribution < 1.29 is 26.8 Å². The number of halogens is 2. The van der Waals surface area contributed by atoms with Gasteiger partial charge in [-0.25, -0.2) is 21.9 Å². The minimum atomic E-state index is -3.24. The molecule has 0 aromatic heterocycles. The van der Waals surface area contributed by atoms with E-state index >= 15 is 0 Å². The summed E-state index contributed by atoms with van der Waals surface area (Å²) >= 11 is 0. The lowest BCUT2D eigenvalue weighted by Gasteiger charge is -2.29. The lowest BCUT2D eigenvalue weighted by molar-refractivity contribution is -0.122. The van der Waals surface area contributed by atoms with E-state index in [0.29, 0.717) is 19.4 Å². The van der Waals surface area contributed by atoms with Gasteiger partial charge in [0.05, 0.1) is 18.2 Å². The zero-order chi connectivity index (χ0) is 22.6. The van der Waals surface area contributed by atoms with E-state index in [-0.39, 0.29) is 17.7 Å². The molecule has 2 amide bonds. The first-order valence-corrected chi connectivity index (χ1v) is 11.6. The van der Waals surface area contributed by atoms with Crippen LogP contribution in [0.4, 0.5) is 8.78 Å². The van der Waals surface area contributed by atoms with Crippen molar-refractivity contribution in [1.82, 2.24) is 15.4 Å². The molecule has 1 saturated carbocycles. The summed E-state index contributed by atoms with van der Waals surface area (Å²) < 4.78 is 52.5. The Morgan fingerprint density at radius 2 is 1.77 bits per heavy atom. The molecule has 1 unspecified atom stereocenters. The molecule has 0 saturated heterocycles. The van der Waals surface area contributed by atoms with E-state index in [9.17, 15) is 26.8 Å². The van der Waals surface area contributed by atoms with E-state index in [4.69, 9.17) is 0 Å². The van der Waals surface area contributed by atoms with Gasteiger partial charge in [0.15, 0.2) is 6.04 Å². The van der Waals surface area contributed by atoms with Crippen LogP contribution in [0.1, 0.15) is 36.0 Å². The molecular formula is C19H23F2N5O4S. The molecular weight excluding hydrogens is 432 g/mol. The summed E-state index contributed by atoms with van der Waals surface area (Å²) in [7, 11) is -3.24. The average molecular weight is 455 g/mol. The van der Waals surface area contributed by atoms with Crippen LogP contribution >= 0.6 is 0 Å². The molecule has 1 aromatic rings. The summed E-state index contributed by atoms with van der Waals surface area (Å²) in [6, 6.07) is 1.81. The van der Waals surface area contributed by atoms with Crippen LogP contribution in [0.5, 0.6) is 0 Å². The van der Waals surface area contributed by atoms with Gasteiger partial charge >= 0.3 is 0 Å². The molecule has 9 nitrogen and oxygen atoms in total. The van der Waals surface area contributed by atoms with Gasteiger partial charge in [-0.05, 0) is 43.7 Å². The molecule has 1 fully saturated rings. The molecule has 0 spiro atoms. The predicted molar refractivity (Wildman–Crippen MR) is 107 cm³/mol. The van der Waals surface area contributed by atoms with Crippen molar-refractivity contribution in [2.75, 3.05) is 12.8 Å². The molecule has 0 radical (unpaired) electrons. The summed E-state index contributed by atoms with van der Waals surface area (Å²) in [5.74, 6) is -3.37. The maximum atomic E-state index is 13.8. The van der Waals surface area contributed by atoms with Gasteiger partial charge in [-0.1, -0.05) is 6.07 Å². The summed E-state index contributed by atoms with van der Waals surface area (Å²) in [5, 5.41) is 12.6. The van der Waals surface area contributed by atoms with Crippen LogP contribution in [-0.2, 0) is 14.8 Å². The fourth-order valence-corrected chi connectivity index (χ4v) is 4.10. The Hall–Kier alpha value is -2.73. The van der Waals surface area contributed by atoms with Crippen LogP contribution in [-0.4, -0.2) is 45.1 Å². The van der Waals surface area contributed by atoms with E-state index in [2.05, 4.69) is 25.6 Å². The van der Waals surface area contributed by atoms with Crippen molar-refractivity contribution in [3.05, 3.63) is 47.3 Å². The molecule has 1 aliphatic heterocycles. The highest BCUT2D eigenvalue weighted by Crippen LogP contribution is 2.25. The van der Waals surface area contributed by atoms with Gasteiger partial charge in [-0.3, -0.25) is 9.59 Å². The van der Waals surface area contributed by atoms with Gasteiger partial charge in [-0.15, -0.1) is 0 Å². The second-order valence-corrected chi connectivity index (χ2v) is 9.45. The standard InChI is InChI=1S/C19H23F2N5O4S/c1-31(29,30)23-9-11-5-7-12(8-6-11)24-19(28)17-15(10-22-26-17)25-18(27)16-13(20)3-2-4-14(16)21/h2-4,10-12,17,23H,5-9H2,1H3,(H,24,28)(H,25,27)/t11-,12-,17?. The van der Waals surface area contributed by atoms with Gasteiger partial charge in [0.1, 0.15) is 17.2 Å². The maximum Gasteiger partial charge on any atom is 0.261 e. The Bertz CT molecular complexity index is 1000. The number of nitrogens with zero attached hydrogens (tertiary/aromatic N) is 2. The molecule has 3 rings (SSSR count). The highest BCUT2D eigenvalue weighted by atomic mass is 32.2. The molecule has 168 valence electrons. The van der Waals surface area contributed by atoms with Crippen LogP contribution in [0.2, 0.25) is 0 Å². The van der Waals surface area contributed by atoms with Crippen molar-refractivity contribution in [2.45, 2.75) is 37.8 Å². The quantitative estimate of drug-likeness (QED) is 0.577. The zero-order valence-corrected chi connectivity index (χ0v) is 17.6. The number of azo groups is 1. The van der Waals surface area contributed by atoms with Crippen molar-refractivity contribution >= 4 is 21.8 Å². The van der Waals surface area contributed by atoms with Crippen molar-refractivity contribution in [2.24, 2.45) is 16.1 Å². The first kappa shape index (κ1) is 22.9. The summed E-state index contributed by atoms with van der Waals surface area (Å²) in [4.78, 5) is 24.9. The normalized spacial score (nSPS) is 23.3. The third-order valence-electron chi connectivity index (χ3n) is 5.20. The van der Waals surface area contributed by atoms with Crippen molar-refractivity contribution in [1.29, 1.82) is 0 Å². The monoisotopic (exact) mass is 455 g/mol. The number of hydrogen-bond donors (Lipinski definition) is 3. The maximum absolute atomic E-state index is 13.8. The number of sulfonamides is 1. The topological polar surface area (TPSA) is 129 Å². The number of rotatable bonds is 7. The smallest absolute Gasteiger partial charge is 0.261 e. The van der Waals surface area contributed by atoms with Crippen LogP contribution in [0.15, 0.2) is 40.3 Å². The lowest BCUT2D eigenvalue weighted by atomic mass is 9.86. The minimum Gasteiger partial charge on any atom is -0.351 e. The Kier molecular flexibility index (Phi) is 7.11. The zero-order valence-electron chi connectivity index (χ0n) is 16.8. The highest BCUT2D eigenvalue weighted by molar-refractivity contribution is 7.88. The van der Waals surface area contributed by atoms with Gasteiger partial charge in [0.25, 0.3) is 11.8 Å². The third kappa shape index (κ3) is 6.14. The average Bonchev–Trinajstić information content (AvgIpc) is 3.15. The Labute approximate surface area is 178 Å². The molecule has 12 heteroatoms. The van der Waals surface area contributed by atoms with E-state index in [0.717, 1.165) is 43.5 Å². The molecule has 1 atom stereocenters. The summed E-state index contributed by atoms with van der Waals surface area (Å²) in [6.45, 7) is 0.363. The van der Waals surface area contributed by atoms with Gasteiger partial charge in [-0.2, -0.15) is 10.2 Å². The number of carbonyl (C=O) groups excluding carboxylic acids is 2. The summed E-state index contributed by atoms with van der Waals surface area (Å²) in [5.41, 5.74) is -0.730. The second-order valence-electron chi connectivity index (χ2n) is 7.62. The Morgan fingerprint density at radius 3 is 2.39 bits per heavy atom. The lowest BCUT2D eigenvalue weighted by Crippen LogP contribution is -2.45. The van der Waals surface area contributed by atoms with E-state index in [1.165, 1.54) is 0 Å². The number of amides is 2. The number of benzene rings is 1. The third-order valence-corrected chi connectivity index (χ3v) is 5.89. The molecule has 31 heavy (non-hydrogen) atoms. The molecule has 1 aromatic carbocycles. The fraction of sp³-hybridized carbons (Fsp3) is 0.474. The van der Waals surface area contributed by atoms with Crippen LogP contribution < -0.4 is 15.4 Å². The molecule has 1 heterocycles. The number of nitrogens with one attached hydrogen (secondary N) is 3. The summed E-state index contributed by atoms with van der Waals surface area (Å²) in [6.07, 6.45) is 5.08. The Balaban J connectivity index is 1.52. The van der Waals surface area contributed by atoms with E-state index < -0.39 is 45.1 Å². The molecule has 3 N–H and O–H groups in total.